The van der Waals surface area contributed by atoms with Crippen LogP contribution in [0.2, 0.25) is 0 Å². The minimum atomic E-state index is -0.343. The van der Waals surface area contributed by atoms with Crippen LogP contribution < -0.4 is 9.47 Å². The highest BCUT2D eigenvalue weighted by Crippen LogP contribution is 2.32. The van der Waals surface area contributed by atoms with Gasteiger partial charge in [-0.1, -0.05) is 12.1 Å². The summed E-state index contributed by atoms with van der Waals surface area (Å²) in [6.45, 7) is 0.347. The third-order valence-electron chi connectivity index (χ3n) is 3.38. The van der Waals surface area contributed by atoms with E-state index in [0.29, 0.717) is 25.9 Å². The van der Waals surface area contributed by atoms with Crippen LogP contribution in [-0.4, -0.2) is 36.3 Å². The summed E-state index contributed by atoms with van der Waals surface area (Å²) >= 11 is 2.93. The lowest BCUT2D eigenvalue weighted by Crippen LogP contribution is -2.32. The van der Waals surface area contributed by atoms with E-state index in [9.17, 15) is 9.59 Å². The minimum absolute atomic E-state index is 0.162. The number of halogens is 1. The second kappa shape index (κ2) is 7.96. The van der Waals surface area contributed by atoms with Crippen molar-refractivity contribution in [2.24, 2.45) is 0 Å². The quantitative estimate of drug-likeness (QED) is 0.469. The Morgan fingerprint density at radius 2 is 1.96 bits per heavy atom. The van der Waals surface area contributed by atoms with Gasteiger partial charge in [-0.15, -0.1) is 0 Å². The van der Waals surface area contributed by atoms with Crippen LogP contribution in [0.3, 0.4) is 0 Å². The first kappa shape index (κ1) is 17.9. The van der Waals surface area contributed by atoms with Crippen molar-refractivity contribution in [1.29, 1.82) is 0 Å². The number of ether oxygens (including phenoxy) is 2. The van der Waals surface area contributed by atoms with E-state index in [2.05, 4.69) is 0 Å². The Kier molecular flexibility index (Phi) is 5.69. The maximum absolute atomic E-state index is 12.4. The van der Waals surface area contributed by atoms with Crippen LogP contribution >= 0.6 is 34.4 Å². The number of imide groups is 1. The number of carbonyl (C=O) groups is 2. The van der Waals surface area contributed by atoms with Gasteiger partial charge in [0.1, 0.15) is 12.4 Å². The second-order valence-electron chi connectivity index (χ2n) is 4.97. The lowest BCUT2D eigenvalue weighted by molar-refractivity contribution is -0.123. The predicted octanol–water partition coefficient (Wildman–Crippen LogP) is 4.01. The van der Waals surface area contributed by atoms with Gasteiger partial charge >= 0.3 is 0 Å². The molecule has 1 aliphatic heterocycles. The van der Waals surface area contributed by atoms with Crippen LogP contribution in [0.15, 0.2) is 45.7 Å². The van der Waals surface area contributed by atoms with Crippen molar-refractivity contribution in [1.82, 2.24) is 4.90 Å². The van der Waals surface area contributed by atoms with Gasteiger partial charge in [-0.2, -0.15) is 0 Å². The van der Waals surface area contributed by atoms with Crippen molar-refractivity contribution in [2.45, 2.75) is 0 Å². The first-order valence-electron chi connectivity index (χ1n) is 7.35. The Bertz CT molecular complexity index is 832. The van der Waals surface area contributed by atoms with Crippen LogP contribution in [0.4, 0.5) is 4.79 Å². The Morgan fingerprint density at radius 1 is 1.20 bits per heavy atom. The van der Waals surface area contributed by atoms with Gasteiger partial charge in [0.2, 0.25) is 0 Å². The molecule has 8 heteroatoms. The monoisotopic (exact) mass is 471 g/mol. The molecule has 25 heavy (non-hydrogen) atoms. The molecule has 0 spiro atoms. The Labute approximate surface area is 162 Å². The van der Waals surface area contributed by atoms with E-state index < -0.39 is 0 Å². The van der Waals surface area contributed by atoms with E-state index in [1.807, 2.05) is 34.7 Å². The molecule has 2 amide bonds. The summed E-state index contributed by atoms with van der Waals surface area (Å²) in [5.74, 6) is 1.37. The Hall–Kier alpha value is -1.94. The van der Waals surface area contributed by atoms with Crippen molar-refractivity contribution in [2.75, 3.05) is 20.3 Å². The average molecular weight is 471 g/mol. The van der Waals surface area contributed by atoms with E-state index in [4.69, 9.17) is 13.9 Å². The van der Waals surface area contributed by atoms with E-state index in [-0.39, 0.29) is 24.3 Å². The van der Waals surface area contributed by atoms with Gasteiger partial charge in [-0.25, -0.2) is 0 Å². The van der Waals surface area contributed by atoms with E-state index in [1.165, 1.54) is 4.90 Å². The largest absolute Gasteiger partial charge is 0.493 e. The number of rotatable bonds is 6. The zero-order chi connectivity index (χ0) is 17.8. The lowest BCUT2D eigenvalue weighted by Gasteiger charge is -2.14. The van der Waals surface area contributed by atoms with Gasteiger partial charge in [0, 0.05) is 6.08 Å². The third-order valence-corrected chi connectivity index (χ3v) is 4.87. The minimum Gasteiger partial charge on any atom is -0.493 e. The summed E-state index contributed by atoms with van der Waals surface area (Å²) in [5.41, 5.74) is 0. The molecular formula is C17H14INO5S. The number of benzene rings is 1. The molecule has 1 aromatic heterocycles. The third kappa shape index (κ3) is 4.18. The number of methoxy groups -OCH3 is 1. The molecule has 0 N–H and O–H groups in total. The molecule has 0 bridgehead atoms. The van der Waals surface area contributed by atoms with E-state index in [0.717, 1.165) is 11.8 Å². The average Bonchev–Trinajstić information content (AvgIpc) is 3.13. The van der Waals surface area contributed by atoms with Crippen molar-refractivity contribution < 1.29 is 23.5 Å². The number of thioether (sulfide) groups is 1. The highest BCUT2D eigenvalue weighted by molar-refractivity contribution is 14.1. The number of para-hydroxylation sites is 2. The molecule has 0 atom stereocenters. The normalized spacial score (nSPS) is 15.9. The van der Waals surface area contributed by atoms with Crippen molar-refractivity contribution in [3.8, 4) is 11.5 Å². The molecular weight excluding hydrogens is 457 g/mol. The van der Waals surface area contributed by atoms with E-state index >= 15 is 0 Å². The van der Waals surface area contributed by atoms with Crippen molar-refractivity contribution in [3.63, 3.8) is 0 Å². The molecule has 2 heterocycles. The van der Waals surface area contributed by atoms with Crippen LogP contribution in [0.1, 0.15) is 5.76 Å². The fourth-order valence-electron chi connectivity index (χ4n) is 2.21. The highest BCUT2D eigenvalue weighted by atomic mass is 127. The molecule has 1 fully saturated rings. The first-order valence-corrected chi connectivity index (χ1v) is 9.24. The molecule has 2 aromatic rings. The number of hydrogen-bond donors (Lipinski definition) is 0. The summed E-state index contributed by atoms with van der Waals surface area (Å²) in [4.78, 5) is 26.0. The summed E-state index contributed by atoms with van der Waals surface area (Å²) < 4.78 is 16.9. The fourth-order valence-corrected chi connectivity index (χ4v) is 3.49. The molecule has 1 saturated heterocycles. The summed E-state index contributed by atoms with van der Waals surface area (Å²) in [6.07, 6.45) is 1.58. The maximum Gasteiger partial charge on any atom is 0.293 e. The molecule has 1 aromatic carbocycles. The molecule has 1 aliphatic rings. The number of amides is 2. The Morgan fingerprint density at radius 3 is 2.64 bits per heavy atom. The molecule has 3 rings (SSSR count). The molecule has 0 aliphatic carbocycles. The Balaban J connectivity index is 1.62. The van der Waals surface area contributed by atoms with Crippen LogP contribution in [0.5, 0.6) is 11.5 Å². The standard InChI is InChI=1S/C17H14INO5S/c1-22-12-4-2-3-5-13(12)23-9-8-19-16(20)14(25-17(19)21)10-11-6-7-15(18)24-11/h2-7,10H,8-9H2,1H3/b14-10-. The highest BCUT2D eigenvalue weighted by Gasteiger charge is 2.35. The fraction of sp³-hybridized carbons (Fsp3) is 0.176. The van der Waals surface area contributed by atoms with Gasteiger partial charge in [-0.05, 0) is 58.6 Å². The lowest BCUT2D eigenvalue weighted by atomic mass is 10.3. The van der Waals surface area contributed by atoms with Crippen molar-refractivity contribution >= 4 is 51.6 Å². The second-order valence-corrected chi connectivity index (χ2v) is 7.03. The maximum atomic E-state index is 12.4. The summed E-state index contributed by atoms with van der Waals surface area (Å²) in [5, 5.41) is -0.318. The molecule has 0 unspecified atom stereocenters. The number of carbonyl (C=O) groups excluding carboxylic acids is 2. The van der Waals surface area contributed by atoms with E-state index in [1.54, 1.807) is 37.5 Å². The van der Waals surface area contributed by atoms with Gasteiger partial charge in [0.25, 0.3) is 11.1 Å². The first-order chi connectivity index (χ1) is 12.1. The van der Waals surface area contributed by atoms with Crippen LogP contribution in [0.25, 0.3) is 6.08 Å². The van der Waals surface area contributed by atoms with Crippen molar-refractivity contribution in [3.05, 3.63) is 50.8 Å². The van der Waals surface area contributed by atoms with Gasteiger partial charge < -0.3 is 13.9 Å². The molecule has 6 nitrogen and oxygen atoms in total. The zero-order valence-electron chi connectivity index (χ0n) is 13.2. The van der Waals surface area contributed by atoms with Gasteiger partial charge in [-0.3, -0.25) is 14.5 Å². The number of nitrogens with zero attached hydrogens (tertiary/aromatic N) is 1. The van der Waals surface area contributed by atoms with Crippen LogP contribution in [-0.2, 0) is 4.79 Å². The molecule has 130 valence electrons. The SMILES string of the molecule is COc1ccccc1OCCN1C(=O)S/C(=C\c2ccc(I)o2)C1=O. The summed E-state index contributed by atoms with van der Waals surface area (Å²) in [6, 6.07) is 10.8. The predicted molar refractivity (Wildman–Crippen MR) is 103 cm³/mol. The topological polar surface area (TPSA) is 69.0 Å². The van der Waals surface area contributed by atoms with Gasteiger partial charge in [0.05, 0.1) is 18.6 Å². The zero-order valence-corrected chi connectivity index (χ0v) is 16.2. The van der Waals surface area contributed by atoms with Gasteiger partial charge in [0.15, 0.2) is 15.3 Å². The molecule has 0 saturated carbocycles. The number of hydrogen-bond acceptors (Lipinski definition) is 6. The molecule has 0 radical (unpaired) electrons. The smallest absolute Gasteiger partial charge is 0.293 e. The summed E-state index contributed by atoms with van der Waals surface area (Å²) in [7, 11) is 1.55. The van der Waals surface area contributed by atoms with Crippen LogP contribution in [0, 0.1) is 3.77 Å². The number of furan rings is 1.